The standard InChI is InChI=1S/C23H30N4O2/c1-18-16-27(22(28)19-6-3-2-4-7-19)17-23(29-18)10-14-26(15-11-23)13-9-21-20(24)8-5-12-25-21/h2-8,12,18H,9-11,13-17,24H2,1H3. The Bertz CT molecular complexity index is 834. The average molecular weight is 395 g/mol. The quantitative estimate of drug-likeness (QED) is 0.863. The van der Waals surface area contributed by atoms with Crippen LogP contribution in [0.25, 0.3) is 0 Å². The van der Waals surface area contributed by atoms with Gasteiger partial charge in [0.2, 0.25) is 0 Å². The number of morpholine rings is 1. The normalized spacial score (nSPS) is 22.0. The molecule has 6 nitrogen and oxygen atoms in total. The van der Waals surface area contributed by atoms with Crippen LogP contribution >= 0.6 is 0 Å². The van der Waals surface area contributed by atoms with Gasteiger partial charge in [0.15, 0.2) is 0 Å². The molecule has 1 aromatic heterocycles. The van der Waals surface area contributed by atoms with Gasteiger partial charge in [-0.15, -0.1) is 0 Å². The Morgan fingerprint density at radius 3 is 2.69 bits per heavy atom. The topological polar surface area (TPSA) is 71.7 Å². The van der Waals surface area contributed by atoms with E-state index in [9.17, 15) is 4.79 Å². The number of amides is 1. The molecule has 2 aliphatic rings. The molecule has 154 valence electrons. The van der Waals surface area contributed by atoms with Crippen LogP contribution < -0.4 is 5.73 Å². The second kappa shape index (κ2) is 8.51. The van der Waals surface area contributed by atoms with Crippen molar-refractivity contribution in [1.29, 1.82) is 0 Å². The van der Waals surface area contributed by atoms with E-state index in [0.29, 0.717) is 13.1 Å². The number of carbonyl (C=O) groups excluding carboxylic acids is 1. The maximum atomic E-state index is 13.0. The van der Waals surface area contributed by atoms with Gasteiger partial charge < -0.3 is 20.3 Å². The monoisotopic (exact) mass is 394 g/mol. The lowest BCUT2D eigenvalue weighted by Crippen LogP contribution is -2.60. The van der Waals surface area contributed by atoms with E-state index in [-0.39, 0.29) is 17.6 Å². The van der Waals surface area contributed by atoms with Gasteiger partial charge in [-0.05, 0) is 44.0 Å². The van der Waals surface area contributed by atoms with E-state index in [2.05, 4.69) is 16.8 Å². The number of hydrogen-bond acceptors (Lipinski definition) is 5. The number of hydrogen-bond donors (Lipinski definition) is 1. The van der Waals surface area contributed by atoms with Crippen molar-refractivity contribution in [3.63, 3.8) is 0 Å². The summed E-state index contributed by atoms with van der Waals surface area (Å²) in [6, 6.07) is 13.3. The molecule has 2 aliphatic heterocycles. The fourth-order valence-corrected chi connectivity index (χ4v) is 4.53. The van der Waals surface area contributed by atoms with Gasteiger partial charge in [0, 0.05) is 44.4 Å². The maximum absolute atomic E-state index is 13.0. The van der Waals surface area contributed by atoms with Gasteiger partial charge >= 0.3 is 0 Å². The van der Waals surface area contributed by atoms with Crippen molar-refractivity contribution in [3.8, 4) is 0 Å². The molecule has 4 rings (SSSR count). The number of nitrogens with two attached hydrogens (primary N) is 1. The molecule has 1 unspecified atom stereocenters. The lowest BCUT2D eigenvalue weighted by molar-refractivity contribution is -0.161. The van der Waals surface area contributed by atoms with E-state index >= 15 is 0 Å². The third-order valence-corrected chi connectivity index (χ3v) is 6.07. The van der Waals surface area contributed by atoms with Crippen LogP contribution in [0.4, 0.5) is 5.69 Å². The number of ether oxygens (including phenoxy) is 1. The van der Waals surface area contributed by atoms with Gasteiger partial charge in [0.1, 0.15) is 0 Å². The third-order valence-electron chi connectivity index (χ3n) is 6.07. The summed E-state index contributed by atoms with van der Waals surface area (Å²) in [5.74, 6) is 0.105. The number of anilines is 1. The summed E-state index contributed by atoms with van der Waals surface area (Å²) in [6.07, 6.45) is 4.58. The first-order chi connectivity index (χ1) is 14.0. The van der Waals surface area contributed by atoms with Crippen molar-refractivity contribution >= 4 is 11.6 Å². The fraction of sp³-hybridized carbons (Fsp3) is 0.478. The predicted molar refractivity (Wildman–Crippen MR) is 114 cm³/mol. The van der Waals surface area contributed by atoms with Crippen LogP contribution in [0.15, 0.2) is 48.7 Å². The Labute approximate surface area is 172 Å². The van der Waals surface area contributed by atoms with Gasteiger partial charge in [-0.3, -0.25) is 9.78 Å². The zero-order chi connectivity index (χ0) is 20.3. The minimum Gasteiger partial charge on any atom is -0.397 e. The number of aromatic nitrogens is 1. The molecule has 2 N–H and O–H groups in total. The van der Waals surface area contributed by atoms with Crippen molar-refractivity contribution < 1.29 is 9.53 Å². The van der Waals surface area contributed by atoms with E-state index in [1.54, 1.807) is 6.20 Å². The number of benzene rings is 1. The van der Waals surface area contributed by atoms with Crippen molar-refractivity contribution in [1.82, 2.24) is 14.8 Å². The van der Waals surface area contributed by atoms with Crippen LogP contribution in [0.1, 0.15) is 35.8 Å². The Balaban J connectivity index is 1.35. The first-order valence-electron chi connectivity index (χ1n) is 10.5. The van der Waals surface area contributed by atoms with Crippen molar-refractivity contribution in [3.05, 3.63) is 59.9 Å². The fourth-order valence-electron chi connectivity index (χ4n) is 4.53. The molecule has 1 amide bonds. The Morgan fingerprint density at radius 2 is 1.97 bits per heavy atom. The molecule has 2 aromatic rings. The number of likely N-dealkylation sites (tertiary alicyclic amines) is 1. The van der Waals surface area contributed by atoms with Crippen molar-refractivity contribution in [2.75, 3.05) is 38.5 Å². The van der Waals surface area contributed by atoms with Gasteiger partial charge in [-0.25, -0.2) is 0 Å². The van der Waals surface area contributed by atoms with E-state index < -0.39 is 0 Å². The van der Waals surface area contributed by atoms with E-state index in [4.69, 9.17) is 10.5 Å². The number of carbonyl (C=O) groups is 1. The molecule has 6 heteroatoms. The molecule has 1 aromatic carbocycles. The van der Waals surface area contributed by atoms with Gasteiger partial charge in [-0.1, -0.05) is 18.2 Å². The van der Waals surface area contributed by atoms with Gasteiger partial charge in [0.25, 0.3) is 5.91 Å². The largest absolute Gasteiger partial charge is 0.397 e. The molecule has 0 aliphatic carbocycles. The highest BCUT2D eigenvalue weighted by molar-refractivity contribution is 5.94. The number of nitrogens with zero attached hydrogens (tertiary/aromatic N) is 3. The van der Waals surface area contributed by atoms with Gasteiger partial charge in [0.05, 0.1) is 29.6 Å². The smallest absolute Gasteiger partial charge is 0.254 e. The molecule has 29 heavy (non-hydrogen) atoms. The summed E-state index contributed by atoms with van der Waals surface area (Å²) < 4.78 is 6.41. The molecular formula is C23H30N4O2. The van der Waals surface area contributed by atoms with Crippen LogP contribution in [-0.2, 0) is 11.2 Å². The summed E-state index contributed by atoms with van der Waals surface area (Å²) in [4.78, 5) is 21.8. The molecule has 1 atom stereocenters. The number of pyridine rings is 1. The van der Waals surface area contributed by atoms with E-state index in [0.717, 1.165) is 55.8 Å². The zero-order valence-corrected chi connectivity index (χ0v) is 17.1. The molecule has 2 fully saturated rings. The SMILES string of the molecule is CC1CN(C(=O)c2ccccc2)CC2(CCN(CCc3ncccc3N)CC2)O1. The highest BCUT2D eigenvalue weighted by Gasteiger charge is 2.43. The van der Waals surface area contributed by atoms with Crippen LogP contribution in [0.2, 0.25) is 0 Å². The first kappa shape index (κ1) is 19.9. The number of piperidine rings is 1. The van der Waals surface area contributed by atoms with Crippen molar-refractivity contribution in [2.45, 2.75) is 37.9 Å². The van der Waals surface area contributed by atoms with Crippen LogP contribution in [0, 0.1) is 0 Å². The first-order valence-corrected chi connectivity index (χ1v) is 10.5. The van der Waals surface area contributed by atoms with E-state index in [1.807, 2.05) is 47.4 Å². The Kier molecular flexibility index (Phi) is 5.83. The Morgan fingerprint density at radius 1 is 1.21 bits per heavy atom. The van der Waals surface area contributed by atoms with Crippen LogP contribution in [-0.4, -0.2) is 65.1 Å². The molecule has 2 saturated heterocycles. The summed E-state index contributed by atoms with van der Waals surface area (Å²) >= 11 is 0. The maximum Gasteiger partial charge on any atom is 0.254 e. The molecule has 0 bridgehead atoms. The summed E-state index contributed by atoms with van der Waals surface area (Å²) in [5.41, 5.74) is 8.27. The lowest BCUT2D eigenvalue weighted by atomic mass is 9.88. The number of rotatable bonds is 4. The summed E-state index contributed by atoms with van der Waals surface area (Å²) in [7, 11) is 0. The highest BCUT2D eigenvalue weighted by atomic mass is 16.5. The van der Waals surface area contributed by atoms with Crippen molar-refractivity contribution in [2.24, 2.45) is 0 Å². The van der Waals surface area contributed by atoms with Gasteiger partial charge in [-0.2, -0.15) is 0 Å². The average Bonchev–Trinajstić information content (AvgIpc) is 2.74. The summed E-state index contributed by atoms with van der Waals surface area (Å²) in [5, 5.41) is 0. The molecule has 0 radical (unpaired) electrons. The minimum atomic E-state index is -0.234. The highest BCUT2D eigenvalue weighted by Crippen LogP contribution is 2.33. The lowest BCUT2D eigenvalue weighted by Gasteiger charge is -2.49. The zero-order valence-electron chi connectivity index (χ0n) is 17.1. The van der Waals surface area contributed by atoms with Crippen LogP contribution in [0.5, 0.6) is 0 Å². The second-order valence-electron chi connectivity index (χ2n) is 8.29. The van der Waals surface area contributed by atoms with E-state index in [1.165, 1.54) is 0 Å². The van der Waals surface area contributed by atoms with Crippen LogP contribution in [0.3, 0.4) is 0 Å². The predicted octanol–water partition coefficient (Wildman–Crippen LogP) is 2.60. The molecular weight excluding hydrogens is 364 g/mol. The third kappa shape index (κ3) is 4.60. The molecule has 1 spiro atoms. The second-order valence-corrected chi connectivity index (χ2v) is 8.29. The minimum absolute atomic E-state index is 0.0521. The summed E-state index contributed by atoms with van der Waals surface area (Å²) in [6.45, 7) is 6.27. The Hall–Kier alpha value is -2.44. The number of nitrogen functional groups attached to an aromatic ring is 1. The molecule has 0 saturated carbocycles. The molecule has 3 heterocycles.